The van der Waals surface area contributed by atoms with Crippen molar-refractivity contribution in [1.29, 1.82) is 0 Å². The number of hydrogen-bond donors (Lipinski definition) is 1. The number of pyridine rings is 1. The fraction of sp³-hybridized carbons (Fsp3) is 0.500. The third-order valence-corrected chi connectivity index (χ3v) is 4.63. The number of hydrogen-bond acceptors (Lipinski definition) is 4. The molecule has 1 fully saturated rings. The van der Waals surface area contributed by atoms with Gasteiger partial charge in [0.2, 0.25) is 0 Å². The van der Waals surface area contributed by atoms with Crippen LogP contribution in [-0.4, -0.2) is 40.5 Å². The Morgan fingerprint density at radius 3 is 3.16 bits per heavy atom. The lowest BCUT2D eigenvalue weighted by atomic mass is 10.3. The molecule has 19 heavy (non-hydrogen) atoms. The smallest absolute Gasteiger partial charge is 0.152 e. The van der Waals surface area contributed by atoms with Gasteiger partial charge in [-0.25, -0.2) is 4.98 Å². The fourth-order valence-corrected chi connectivity index (χ4v) is 3.64. The topological polar surface area (TPSA) is 32.6 Å². The van der Waals surface area contributed by atoms with E-state index in [1.165, 1.54) is 11.4 Å². The average Bonchev–Trinajstić information content (AvgIpc) is 2.79. The molecule has 5 heteroatoms. The zero-order valence-electron chi connectivity index (χ0n) is 11.5. The number of nitrogens with zero attached hydrogens (tertiary/aromatic N) is 3. The van der Waals surface area contributed by atoms with Crippen LogP contribution in [0.3, 0.4) is 0 Å². The summed E-state index contributed by atoms with van der Waals surface area (Å²) in [7, 11) is 1.99. The molecule has 3 rings (SSSR count). The highest BCUT2D eigenvalue weighted by Crippen LogP contribution is 2.27. The molecule has 2 aromatic heterocycles. The van der Waals surface area contributed by atoms with Crippen molar-refractivity contribution in [3.05, 3.63) is 30.1 Å². The van der Waals surface area contributed by atoms with Crippen LogP contribution in [0.2, 0.25) is 0 Å². The maximum atomic E-state index is 4.83. The largest absolute Gasteiger partial charge is 0.353 e. The first-order valence-electron chi connectivity index (χ1n) is 6.76. The third-order valence-electron chi connectivity index (χ3n) is 3.49. The van der Waals surface area contributed by atoms with Gasteiger partial charge in [-0.15, -0.1) is 0 Å². The van der Waals surface area contributed by atoms with Crippen molar-refractivity contribution < 1.29 is 0 Å². The van der Waals surface area contributed by atoms with Gasteiger partial charge in [0.05, 0.1) is 5.69 Å². The van der Waals surface area contributed by atoms with Crippen molar-refractivity contribution in [3.63, 3.8) is 0 Å². The van der Waals surface area contributed by atoms with E-state index in [1.807, 2.05) is 13.1 Å². The van der Waals surface area contributed by atoms with Gasteiger partial charge in [0.25, 0.3) is 0 Å². The van der Waals surface area contributed by atoms with Crippen LogP contribution in [0.5, 0.6) is 0 Å². The fourth-order valence-electron chi connectivity index (χ4n) is 2.63. The van der Waals surface area contributed by atoms with Gasteiger partial charge in [0.1, 0.15) is 5.65 Å². The molecule has 102 valence electrons. The molecule has 0 bridgehead atoms. The maximum Gasteiger partial charge on any atom is 0.152 e. The first-order valence-corrected chi connectivity index (χ1v) is 7.81. The Kier molecular flexibility index (Phi) is 3.66. The van der Waals surface area contributed by atoms with Crippen LogP contribution in [0.15, 0.2) is 24.4 Å². The van der Waals surface area contributed by atoms with Crippen molar-refractivity contribution in [2.75, 3.05) is 30.8 Å². The molecule has 1 atom stereocenters. The summed E-state index contributed by atoms with van der Waals surface area (Å²) in [5.74, 6) is 2.33. The summed E-state index contributed by atoms with van der Waals surface area (Å²) in [6.07, 6.45) is 2.10. The molecule has 2 aromatic rings. The SMILES string of the molecule is CNCc1c(N2CCSC(C)C2)nc2ccccn12. The Bertz CT molecular complexity index is 566. The van der Waals surface area contributed by atoms with Crippen LogP contribution in [0, 0.1) is 0 Å². The lowest BCUT2D eigenvalue weighted by Gasteiger charge is -2.31. The molecule has 1 N–H and O–H groups in total. The Morgan fingerprint density at radius 1 is 1.47 bits per heavy atom. The normalized spacial score (nSPS) is 20.1. The Balaban J connectivity index is 2.03. The number of aromatic nitrogens is 2. The molecule has 0 aromatic carbocycles. The van der Waals surface area contributed by atoms with Gasteiger partial charge in [0, 0.05) is 36.8 Å². The van der Waals surface area contributed by atoms with E-state index in [2.05, 4.69) is 51.6 Å². The summed E-state index contributed by atoms with van der Waals surface area (Å²) in [6, 6.07) is 6.18. The van der Waals surface area contributed by atoms with E-state index in [-0.39, 0.29) is 0 Å². The van der Waals surface area contributed by atoms with E-state index >= 15 is 0 Å². The van der Waals surface area contributed by atoms with Crippen LogP contribution >= 0.6 is 11.8 Å². The number of fused-ring (bicyclic) bond motifs is 1. The van der Waals surface area contributed by atoms with Crippen molar-refractivity contribution >= 4 is 23.2 Å². The molecular weight excluding hydrogens is 256 g/mol. The van der Waals surface area contributed by atoms with Crippen molar-refractivity contribution in [2.45, 2.75) is 18.7 Å². The molecule has 0 aliphatic carbocycles. The zero-order chi connectivity index (χ0) is 13.2. The van der Waals surface area contributed by atoms with Crippen LogP contribution in [0.1, 0.15) is 12.6 Å². The van der Waals surface area contributed by atoms with Gasteiger partial charge in [-0.1, -0.05) is 13.0 Å². The highest BCUT2D eigenvalue weighted by molar-refractivity contribution is 8.00. The highest BCUT2D eigenvalue weighted by atomic mass is 32.2. The van der Waals surface area contributed by atoms with Gasteiger partial charge < -0.3 is 14.6 Å². The number of rotatable bonds is 3. The standard InChI is InChI=1S/C14H20N4S/c1-11-10-17(7-8-19-11)14-12(9-15-2)18-6-4-3-5-13(18)16-14/h3-6,11,15H,7-10H2,1-2H3. The van der Waals surface area contributed by atoms with Crippen molar-refractivity contribution in [3.8, 4) is 0 Å². The molecule has 1 aliphatic rings. The molecule has 4 nitrogen and oxygen atoms in total. The molecule has 0 amide bonds. The van der Waals surface area contributed by atoms with E-state index in [4.69, 9.17) is 4.98 Å². The van der Waals surface area contributed by atoms with Gasteiger partial charge in [-0.3, -0.25) is 0 Å². The lowest BCUT2D eigenvalue weighted by molar-refractivity contribution is 0.740. The quantitative estimate of drug-likeness (QED) is 0.929. The van der Waals surface area contributed by atoms with Gasteiger partial charge in [-0.05, 0) is 19.2 Å². The molecule has 0 radical (unpaired) electrons. The number of nitrogens with one attached hydrogen (secondary N) is 1. The van der Waals surface area contributed by atoms with Gasteiger partial charge >= 0.3 is 0 Å². The summed E-state index contributed by atoms with van der Waals surface area (Å²) in [4.78, 5) is 7.26. The lowest BCUT2D eigenvalue weighted by Crippen LogP contribution is -2.37. The Labute approximate surface area is 118 Å². The molecule has 1 aliphatic heterocycles. The highest BCUT2D eigenvalue weighted by Gasteiger charge is 2.22. The predicted octanol–water partition coefficient (Wildman–Crippen LogP) is 2.00. The third kappa shape index (κ3) is 2.44. The monoisotopic (exact) mass is 276 g/mol. The van der Waals surface area contributed by atoms with Crippen molar-refractivity contribution in [2.24, 2.45) is 0 Å². The average molecular weight is 276 g/mol. The molecule has 1 saturated heterocycles. The van der Waals surface area contributed by atoms with E-state index < -0.39 is 0 Å². The molecular formula is C14H20N4S. The predicted molar refractivity (Wildman–Crippen MR) is 82.1 cm³/mol. The minimum Gasteiger partial charge on any atom is -0.353 e. The van der Waals surface area contributed by atoms with Crippen LogP contribution < -0.4 is 10.2 Å². The summed E-state index contributed by atoms with van der Waals surface area (Å²) >= 11 is 2.05. The molecule has 0 saturated carbocycles. The summed E-state index contributed by atoms with van der Waals surface area (Å²) in [5.41, 5.74) is 2.30. The summed E-state index contributed by atoms with van der Waals surface area (Å²) in [5, 5.41) is 3.94. The minimum atomic E-state index is 0.681. The Hall–Kier alpha value is -1.20. The van der Waals surface area contributed by atoms with Crippen LogP contribution in [0.25, 0.3) is 5.65 Å². The molecule has 1 unspecified atom stereocenters. The molecule has 3 heterocycles. The van der Waals surface area contributed by atoms with E-state index in [9.17, 15) is 0 Å². The molecule has 0 spiro atoms. The summed E-state index contributed by atoms with van der Waals surface area (Å²) in [6.45, 7) is 5.32. The second-order valence-corrected chi connectivity index (χ2v) is 6.52. The van der Waals surface area contributed by atoms with Gasteiger partial charge in [-0.2, -0.15) is 11.8 Å². The van der Waals surface area contributed by atoms with E-state index in [0.717, 1.165) is 31.1 Å². The minimum absolute atomic E-state index is 0.681. The first kappa shape index (κ1) is 12.8. The number of thioether (sulfide) groups is 1. The number of anilines is 1. The zero-order valence-corrected chi connectivity index (χ0v) is 12.3. The maximum absolute atomic E-state index is 4.83. The van der Waals surface area contributed by atoms with E-state index in [1.54, 1.807) is 0 Å². The summed E-state index contributed by atoms with van der Waals surface area (Å²) < 4.78 is 2.19. The first-order chi connectivity index (χ1) is 9.29. The van der Waals surface area contributed by atoms with Crippen LogP contribution in [0.4, 0.5) is 5.82 Å². The second-order valence-electron chi connectivity index (χ2n) is 4.97. The Morgan fingerprint density at radius 2 is 2.37 bits per heavy atom. The second kappa shape index (κ2) is 5.43. The van der Waals surface area contributed by atoms with Crippen molar-refractivity contribution in [1.82, 2.24) is 14.7 Å². The number of imidazole rings is 1. The van der Waals surface area contributed by atoms with Crippen LogP contribution in [-0.2, 0) is 6.54 Å². The van der Waals surface area contributed by atoms with Gasteiger partial charge in [0.15, 0.2) is 5.82 Å². The van der Waals surface area contributed by atoms with E-state index in [0.29, 0.717) is 5.25 Å².